The van der Waals surface area contributed by atoms with Crippen molar-refractivity contribution in [2.24, 2.45) is 0 Å². The predicted octanol–water partition coefficient (Wildman–Crippen LogP) is 4.17. The number of hydrogen-bond donors (Lipinski definition) is 2. The summed E-state index contributed by atoms with van der Waals surface area (Å²) in [4.78, 5) is 51.5. The fourth-order valence-electron chi connectivity index (χ4n) is 5.25. The number of thiazole rings is 1. The second-order valence-corrected chi connectivity index (χ2v) is 12.0. The molecule has 0 bridgehead atoms. The van der Waals surface area contributed by atoms with Gasteiger partial charge in [-0.25, -0.2) is 5.06 Å². The zero-order chi connectivity index (χ0) is 30.8. The van der Waals surface area contributed by atoms with Crippen molar-refractivity contribution in [2.45, 2.75) is 17.2 Å². The van der Waals surface area contributed by atoms with Crippen LogP contribution in [0.4, 0.5) is 5.95 Å². The van der Waals surface area contributed by atoms with Gasteiger partial charge < -0.3 is 14.8 Å². The van der Waals surface area contributed by atoms with Crippen LogP contribution in [0.3, 0.4) is 0 Å². The lowest BCUT2D eigenvalue weighted by atomic mass is 9.77. The van der Waals surface area contributed by atoms with Gasteiger partial charge in [0.2, 0.25) is 5.95 Å². The molecule has 13 heteroatoms. The molecule has 2 N–H and O–H groups in total. The Kier molecular flexibility index (Phi) is 8.27. The van der Waals surface area contributed by atoms with Gasteiger partial charge >= 0.3 is 4.87 Å². The number of H-pyrrole nitrogens is 1. The van der Waals surface area contributed by atoms with Crippen molar-refractivity contribution in [2.75, 3.05) is 32.3 Å². The number of thioether (sulfide) groups is 1. The average Bonchev–Trinajstić information content (AvgIpc) is 3.68. The molecule has 1 fully saturated rings. The predicted molar refractivity (Wildman–Crippen MR) is 170 cm³/mol. The smallest absolute Gasteiger partial charge is 0.311 e. The average molecular weight is 632 g/mol. The van der Waals surface area contributed by atoms with Crippen molar-refractivity contribution in [3.8, 4) is 5.75 Å². The first kappa shape index (κ1) is 29.6. The first-order valence-electron chi connectivity index (χ1n) is 13.6. The van der Waals surface area contributed by atoms with Crippen LogP contribution in [0.25, 0.3) is 10.3 Å². The SMILES string of the molecule is COc1ccc(C(Nc2nc3c(sc(=O)n3[C@H]3CS[C@@H](C(=O)N(C)OC)O3)c(=O)[nH]2)(c2ccccc2)c2ccccc2)cc1. The molecule has 1 aliphatic heterocycles. The minimum Gasteiger partial charge on any atom is -0.497 e. The first-order chi connectivity index (χ1) is 21.3. The maximum absolute atomic E-state index is 13.4. The number of nitrogens with one attached hydrogen (secondary N) is 2. The second kappa shape index (κ2) is 12.3. The number of nitrogens with zero attached hydrogens (tertiary/aromatic N) is 3. The summed E-state index contributed by atoms with van der Waals surface area (Å²) < 4.78 is 12.9. The molecule has 1 amide bonds. The van der Waals surface area contributed by atoms with Crippen LogP contribution in [0.5, 0.6) is 5.75 Å². The molecule has 2 atom stereocenters. The number of likely N-dealkylation sites (N-methyl/N-ethyl adjacent to an activating group) is 1. The van der Waals surface area contributed by atoms with Crippen LogP contribution in [-0.2, 0) is 19.9 Å². The van der Waals surface area contributed by atoms with Crippen LogP contribution in [0.1, 0.15) is 22.9 Å². The maximum atomic E-state index is 13.4. The van der Waals surface area contributed by atoms with Crippen LogP contribution >= 0.6 is 23.1 Å². The Hall–Kier alpha value is -4.43. The van der Waals surface area contributed by atoms with Gasteiger partial charge in [-0.05, 0) is 28.8 Å². The van der Waals surface area contributed by atoms with Gasteiger partial charge in [0, 0.05) is 12.8 Å². The molecule has 6 rings (SSSR count). The van der Waals surface area contributed by atoms with Crippen LogP contribution in [0, 0.1) is 0 Å². The van der Waals surface area contributed by atoms with E-state index >= 15 is 0 Å². The molecule has 3 aromatic carbocycles. The van der Waals surface area contributed by atoms with E-state index in [1.54, 1.807) is 7.11 Å². The minimum absolute atomic E-state index is 0.148. The Morgan fingerprint density at radius 3 is 2.20 bits per heavy atom. The largest absolute Gasteiger partial charge is 0.497 e. The molecule has 44 heavy (non-hydrogen) atoms. The number of aromatic amines is 1. The molecular weight excluding hydrogens is 603 g/mol. The number of aromatic nitrogens is 3. The highest BCUT2D eigenvalue weighted by Crippen LogP contribution is 2.40. The van der Waals surface area contributed by atoms with Gasteiger partial charge in [-0.2, -0.15) is 4.98 Å². The van der Waals surface area contributed by atoms with Crippen molar-refractivity contribution in [3.05, 3.63) is 122 Å². The zero-order valence-corrected chi connectivity index (χ0v) is 25.7. The Balaban J connectivity index is 1.50. The molecular formula is C31H29N5O6S2. The molecule has 0 spiro atoms. The molecule has 0 unspecified atom stereocenters. The maximum Gasteiger partial charge on any atom is 0.311 e. The summed E-state index contributed by atoms with van der Waals surface area (Å²) >= 11 is 2.03. The zero-order valence-electron chi connectivity index (χ0n) is 24.1. The highest BCUT2D eigenvalue weighted by Gasteiger charge is 2.39. The summed E-state index contributed by atoms with van der Waals surface area (Å²) in [6, 6.07) is 27.3. The summed E-state index contributed by atoms with van der Waals surface area (Å²) in [5.41, 5.74) is 0.449. The lowest BCUT2D eigenvalue weighted by Gasteiger charge is -2.37. The third kappa shape index (κ3) is 5.28. The molecule has 3 heterocycles. The number of benzene rings is 3. The number of carbonyl (C=O) groups is 1. The third-order valence-corrected chi connectivity index (χ3v) is 9.50. The van der Waals surface area contributed by atoms with E-state index in [4.69, 9.17) is 19.3 Å². The number of amides is 1. The fraction of sp³-hybridized carbons (Fsp3) is 0.226. The number of carbonyl (C=O) groups excluding carboxylic acids is 1. The van der Waals surface area contributed by atoms with Gasteiger partial charge in [0.15, 0.2) is 17.3 Å². The number of anilines is 1. The van der Waals surface area contributed by atoms with Gasteiger partial charge in [0.1, 0.15) is 16.0 Å². The lowest BCUT2D eigenvalue weighted by molar-refractivity contribution is -0.177. The first-order valence-corrected chi connectivity index (χ1v) is 15.5. The fourth-order valence-corrected chi connectivity index (χ4v) is 7.17. The molecule has 0 aliphatic carbocycles. The van der Waals surface area contributed by atoms with Crippen LogP contribution < -0.4 is 20.5 Å². The van der Waals surface area contributed by atoms with Crippen molar-refractivity contribution >= 4 is 45.3 Å². The standard InChI is InChI=1S/C31H29N5O6S2/c1-35(41-3)27(38)28-42-23(18-43-28)36-25-24(44-30(36)39)26(37)33-29(32-25)34-31(19-10-6-4-7-11-19,20-12-8-5-9-13-20)21-14-16-22(40-2)17-15-21/h4-17,23,28H,18H2,1-3H3,(H2,32,33,34,37)/t23-,28+/m1/s1. The summed E-state index contributed by atoms with van der Waals surface area (Å²) in [5.74, 6) is 0.758. The summed E-state index contributed by atoms with van der Waals surface area (Å²) in [6.07, 6.45) is -0.808. The van der Waals surface area contributed by atoms with E-state index in [1.165, 1.54) is 30.5 Å². The second-order valence-electron chi connectivity index (χ2n) is 9.92. The summed E-state index contributed by atoms with van der Waals surface area (Å²) in [6.45, 7) is 0. The number of rotatable bonds is 9. The highest BCUT2D eigenvalue weighted by atomic mass is 32.2. The van der Waals surface area contributed by atoms with E-state index in [9.17, 15) is 14.4 Å². The molecule has 5 aromatic rings. The molecule has 11 nitrogen and oxygen atoms in total. The Morgan fingerprint density at radius 1 is 1.00 bits per heavy atom. The number of methoxy groups -OCH3 is 1. The lowest BCUT2D eigenvalue weighted by Crippen LogP contribution is -2.39. The van der Waals surface area contributed by atoms with Gasteiger partial charge in [-0.1, -0.05) is 84.1 Å². The number of ether oxygens (including phenoxy) is 2. The molecule has 0 radical (unpaired) electrons. The van der Waals surface area contributed by atoms with Crippen molar-refractivity contribution < 1.29 is 19.1 Å². The van der Waals surface area contributed by atoms with Crippen molar-refractivity contribution in [3.63, 3.8) is 0 Å². The molecule has 1 aliphatic rings. The number of fused-ring (bicyclic) bond motifs is 1. The number of hydroxylamine groups is 2. The Bertz CT molecular complexity index is 1850. The topological polar surface area (TPSA) is 128 Å². The van der Waals surface area contributed by atoms with Crippen molar-refractivity contribution in [1.29, 1.82) is 0 Å². The number of hydrogen-bond acceptors (Lipinski definition) is 10. The summed E-state index contributed by atoms with van der Waals surface area (Å²) in [7, 11) is 4.48. The Labute approximate surface area is 260 Å². The van der Waals surface area contributed by atoms with Gasteiger partial charge in [-0.3, -0.25) is 28.8 Å². The van der Waals surface area contributed by atoms with E-state index in [-0.39, 0.29) is 16.3 Å². The van der Waals surface area contributed by atoms with Gasteiger partial charge in [0.05, 0.1) is 14.2 Å². The molecule has 226 valence electrons. The molecule has 2 aromatic heterocycles. The normalized spacial score (nSPS) is 16.6. The van der Waals surface area contributed by atoms with Gasteiger partial charge in [0.25, 0.3) is 11.5 Å². The van der Waals surface area contributed by atoms with Gasteiger partial charge in [-0.15, -0.1) is 11.8 Å². The highest BCUT2D eigenvalue weighted by molar-refractivity contribution is 8.00. The van der Waals surface area contributed by atoms with E-state index in [0.717, 1.165) is 33.1 Å². The van der Waals surface area contributed by atoms with Crippen LogP contribution in [0.2, 0.25) is 0 Å². The van der Waals surface area contributed by atoms with E-state index in [2.05, 4.69) is 10.3 Å². The van der Waals surface area contributed by atoms with E-state index in [0.29, 0.717) is 11.5 Å². The van der Waals surface area contributed by atoms with Crippen LogP contribution in [0.15, 0.2) is 94.5 Å². The third-order valence-electron chi connectivity index (χ3n) is 7.46. The monoisotopic (exact) mass is 631 g/mol. The quantitative estimate of drug-likeness (QED) is 0.182. The van der Waals surface area contributed by atoms with E-state index in [1.807, 2.05) is 84.9 Å². The minimum atomic E-state index is -1.01. The van der Waals surface area contributed by atoms with Crippen LogP contribution in [-0.4, -0.2) is 58.0 Å². The Morgan fingerprint density at radius 2 is 1.61 bits per heavy atom. The summed E-state index contributed by atoms with van der Waals surface area (Å²) in [5, 5.41) is 4.62. The van der Waals surface area contributed by atoms with E-state index < -0.39 is 33.5 Å². The van der Waals surface area contributed by atoms with Crippen molar-refractivity contribution in [1.82, 2.24) is 19.6 Å². The molecule has 0 saturated carbocycles. The molecule has 1 saturated heterocycles.